The lowest BCUT2D eigenvalue weighted by Gasteiger charge is -2.27. The fraction of sp³-hybridized carbons (Fsp3) is 1.00. The molecule has 0 aromatic heterocycles. The van der Waals surface area contributed by atoms with Crippen molar-refractivity contribution >= 4 is 0 Å². The lowest BCUT2D eigenvalue weighted by atomic mass is 9.94. The molecule has 1 N–H and O–H groups in total. The van der Waals surface area contributed by atoms with Gasteiger partial charge in [0, 0.05) is 12.5 Å². The van der Waals surface area contributed by atoms with Gasteiger partial charge in [-0.2, -0.15) is 0 Å². The van der Waals surface area contributed by atoms with Gasteiger partial charge in [0.05, 0.1) is 12.0 Å². The van der Waals surface area contributed by atoms with Gasteiger partial charge in [0.2, 0.25) is 0 Å². The summed E-state index contributed by atoms with van der Waals surface area (Å²) in [5.74, 6) is -3.12. The Bertz CT molecular complexity index is 236. The highest BCUT2D eigenvalue weighted by Gasteiger charge is 2.73. The summed E-state index contributed by atoms with van der Waals surface area (Å²) < 4.78 is 32.3. The fourth-order valence-corrected chi connectivity index (χ4v) is 2.91. The second kappa shape index (κ2) is 2.89. The van der Waals surface area contributed by atoms with Crippen LogP contribution in [0.3, 0.4) is 0 Å². The summed E-state index contributed by atoms with van der Waals surface area (Å²) in [5, 5.41) is 3.06. The molecule has 3 fully saturated rings. The van der Waals surface area contributed by atoms with Gasteiger partial charge in [-0.3, -0.25) is 0 Å². The standard InChI is InChI=1S/C10H15F2NO/c11-10(12)8(6-4-13-5-6)9(10)7-2-1-3-14-7/h6-9,13H,1-5H2. The lowest BCUT2D eigenvalue weighted by Crippen LogP contribution is -2.44. The topological polar surface area (TPSA) is 21.3 Å². The van der Waals surface area contributed by atoms with Crippen LogP contribution in [-0.2, 0) is 4.74 Å². The van der Waals surface area contributed by atoms with Crippen molar-refractivity contribution in [3.8, 4) is 0 Å². The first-order chi connectivity index (χ1) is 6.71. The Labute approximate surface area is 82.0 Å². The third-order valence-electron chi connectivity index (χ3n) is 3.85. The minimum absolute atomic E-state index is 0.157. The first-order valence-electron chi connectivity index (χ1n) is 5.41. The summed E-state index contributed by atoms with van der Waals surface area (Å²) in [7, 11) is 0. The summed E-state index contributed by atoms with van der Waals surface area (Å²) >= 11 is 0. The average Bonchev–Trinajstić information content (AvgIpc) is 2.52. The fourth-order valence-electron chi connectivity index (χ4n) is 2.91. The summed E-state index contributed by atoms with van der Waals surface area (Å²) in [4.78, 5) is 0. The van der Waals surface area contributed by atoms with Crippen molar-refractivity contribution in [3.05, 3.63) is 0 Å². The maximum atomic E-state index is 13.5. The number of nitrogens with one attached hydrogen (secondary N) is 1. The van der Waals surface area contributed by atoms with E-state index in [1.54, 1.807) is 0 Å². The Morgan fingerprint density at radius 3 is 2.50 bits per heavy atom. The zero-order valence-electron chi connectivity index (χ0n) is 8.01. The van der Waals surface area contributed by atoms with Crippen LogP contribution < -0.4 is 5.32 Å². The van der Waals surface area contributed by atoms with Crippen molar-refractivity contribution in [3.63, 3.8) is 0 Å². The van der Waals surface area contributed by atoms with Crippen LogP contribution in [0.15, 0.2) is 0 Å². The summed E-state index contributed by atoms with van der Waals surface area (Å²) in [6.07, 6.45) is 1.62. The normalized spacial score (nSPS) is 46.3. The highest BCUT2D eigenvalue weighted by atomic mass is 19.3. The Hall–Kier alpha value is -0.220. The van der Waals surface area contributed by atoms with Crippen molar-refractivity contribution in [2.24, 2.45) is 17.8 Å². The third kappa shape index (κ3) is 1.13. The van der Waals surface area contributed by atoms with Gasteiger partial charge in [-0.05, 0) is 31.8 Å². The maximum Gasteiger partial charge on any atom is 0.257 e. The quantitative estimate of drug-likeness (QED) is 0.729. The molecule has 3 rings (SSSR count). The molecular formula is C10H15F2NO. The number of hydrogen-bond donors (Lipinski definition) is 1. The molecule has 0 spiro atoms. The van der Waals surface area contributed by atoms with Gasteiger partial charge in [-0.1, -0.05) is 0 Å². The molecule has 1 saturated carbocycles. The zero-order valence-corrected chi connectivity index (χ0v) is 8.01. The molecule has 0 radical (unpaired) electrons. The molecule has 4 heteroatoms. The molecule has 0 amide bonds. The van der Waals surface area contributed by atoms with Gasteiger partial charge in [0.25, 0.3) is 5.92 Å². The molecule has 1 aliphatic carbocycles. The SMILES string of the molecule is FC1(F)C(C2CNC2)C1C1CCCO1. The second-order valence-electron chi connectivity index (χ2n) is 4.70. The van der Waals surface area contributed by atoms with Crippen molar-refractivity contribution in [2.75, 3.05) is 19.7 Å². The highest BCUT2D eigenvalue weighted by Crippen LogP contribution is 2.62. The number of halogens is 2. The Morgan fingerprint density at radius 1 is 1.21 bits per heavy atom. The van der Waals surface area contributed by atoms with E-state index in [1.165, 1.54) is 0 Å². The number of hydrogen-bond acceptors (Lipinski definition) is 2. The van der Waals surface area contributed by atoms with E-state index < -0.39 is 17.8 Å². The Morgan fingerprint density at radius 2 is 2.00 bits per heavy atom. The molecule has 3 unspecified atom stereocenters. The van der Waals surface area contributed by atoms with Gasteiger partial charge in [-0.15, -0.1) is 0 Å². The van der Waals surface area contributed by atoms with Crippen LogP contribution in [0, 0.1) is 17.8 Å². The molecule has 14 heavy (non-hydrogen) atoms. The van der Waals surface area contributed by atoms with E-state index in [-0.39, 0.29) is 12.0 Å². The van der Waals surface area contributed by atoms with Crippen LogP contribution in [0.1, 0.15) is 12.8 Å². The summed E-state index contributed by atoms with van der Waals surface area (Å²) in [6.45, 7) is 2.21. The largest absolute Gasteiger partial charge is 0.378 e. The first-order valence-corrected chi connectivity index (χ1v) is 5.41. The van der Waals surface area contributed by atoms with Crippen LogP contribution in [0.2, 0.25) is 0 Å². The predicted molar refractivity (Wildman–Crippen MR) is 47.3 cm³/mol. The van der Waals surface area contributed by atoms with E-state index in [9.17, 15) is 8.78 Å². The van der Waals surface area contributed by atoms with E-state index >= 15 is 0 Å². The molecule has 0 aromatic carbocycles. The molecule has 2 nitrogen and oxygen atoms in total. The van der Waals surface area contributed by atoms with E-state index in [2.05, 4.69) is 5.32 Å². The van der Waals surface area contributed by atoms with Crippen molar-refractivity contribution < 1.29 is 13.5 Å². The van der Waals surface area contributed by atoms with Crippen LogP contribution in [0.4, 0.5) is 8.78 Å². The molecule has 3 aliphatic rings. The number of rotatable bonds is 2. The van der Waals surface area contributed by atoms with Gasteiger partial charge >= 0.3 is 0 Å². The van der Waals surface area contributed by atoms with Gasteiger partial charge in [-0.25, -0.2) is 8.78 Å². The predicted octanol–water partition coefficient (Wildman–Crippen LogP) is 1.27. The zero-order chi connectivity index (χ0) is 9.76. The van der Waals surface area contributed by atoms with Gasteiger partial charge < -0.3 is 10.1 Å². The first kappa shape index (κ1) is 9.04. The highest BCUT2D eigenvalue weighted by molar-refractivity contribution is 5.13. The van der Waals surface area contributed by atoms with Gasteiger partial charge in [0.1, 0.15) is 0 Å². The minimum atomic E-state index is -2.44. The van der Waals surface area contributed by atoms with Gasteiger partial charge in [0.15, 0.2) is 0 Å². The average molecular weight is 203 g/mol. The lowest BCUT2D eigenvalue weighted by molar-refractivity contribution is 0.0273. The van der Waals surface area contributed by atoms with Crippen LogP contribution >= 0.6 is 0 Å². The van der Waals surface area contributed by atoms with Crippen LogP contribution in [0.25, 0.3) is 0 Å². The Kier molecular flexibility index (Phi) is 1.86. The number of alkyl halides is 2. The van der Waals surface area contributed by atoms with E-state index in [0.717, 1.165) is 25.9 Å². The molecule has 2 saturated heterocycles. The molecular weight excluding hydrogens is 188 g/mol. The van der Waals surface area contributed by atoms with E-state index in [0.29, 0.717) is 6.61 Å². The minimum Gasteiger partial charge on any atom is -0.378 e. The molecule has 80 valence electrons. The Balaban J connectivity index is 1.68. The number of ether oxygens (including phenoxy) is 1. The van der Waals surface area contributed by atoms with Crippen molar-refractivity contribution in [2.45, 2.75) is 24.9 Å². The maximum absolute atomic E-state index is 13.5. The van der Waals surface area contributed by atoms with Crippen molar-refractivity contribution in [1.29, 1.82) is 0 Å². The van der Waals surface area contributed by atoms with Crippen LogP contribution in [0.5, 0.6) is 0 Å². The third-order valence-corrected chi connectivity index (χ3v) is 3.85. The molecule has 0 aromatic rings. The van der Waals surface area contributed by atoms with Crippen molar-refractivity contribution in [1.82, 2.24) is 5.32 Å². The summed E-state index contributed by atoms with van der Waals surface area (Å²) in [5.41, 5.74) is 0. The van der Waals surface area contributed by atoms with E-state index in [1.807, 2.05) is 0 Å². The molecule has 2 heterocycles. The molecule has 3 atom stereocenters. The molecule has 2 aliphatic heterocycles. The molecule has 0 bridgehead atoms. The van der Waals surface area contributed by atoms with E-state index in [4.69, 9.17) is 4.74 Å². The summed E-state index contributed by atoms with van der Waals surface area (Å²) in [6, 6.07) is 0. The smallest absolute Gasteiger partial charge is 0.257 e. The second-order valence-corrected chi connectivity index (χ2v) is 4.70. The van der Waals surface area contributed by atoms with Crippen LogP contribution in [-0.4, -0.2) is 31.7 Å². The monoisotopic (exact) mass is 203 g/mol.